The normalized spacial score (nSPS) is 27.5. The zero-order valence-electron chi connectivity index (χ0n) is 8.12. The summed E-state index contributed by atoms with van der Waals surface area (Å²) in [6.45, 7) is 0. The minimum Gasteiger partial charge on any atom is -0.508 e. The summed E-state index contributed by atoms with van der Waals surface area (Å²) >= 11 is 0. The van der Waals surface area contributed by atoms with Crippen molar-refractivity contribution in [1.29, 1.82) is 0 Å². The Hall–Kier alpha value is -1.05. The molecule has 0 saturated heterocycles. The summed E-state index contributed by atoms with van der Waals surface area (Å²) in [5.74, 6) is 0.233. The number of phenolic OH excluding ortho intramolecular Hbond substituents is 1. The molecule has 1 aliphatic carbocycles. The van der Waals surface area contributed by atoms with Gasteiger partial charge in [-0.3, -0.25) is 0 Å². The Labute approximate surface area is 83.6 Å². The summed E-state index contributed by atoms with van der Waals surface area (Å²) in [7, 11) is 0. The van der Waals surface area contributed by atoms with Crippen LogP contribution in [0.5, 0.6) is 5.75 Å². The molecule has 2 unspecified atom stereocenters. The molecule has 0 heterocycles. The van der Waals surface area contributed by atoms with Gasteiger partial charge in [-0.25, -0.2) is 4.39 Å². The highest BCUT2D eigenvalue weighted by atomic mass is 19.1. The van der Waals surface area contributed by atoms with Gasteiger partial charge in [0.2, 0.25) is 0 Å². The zero-order valence-corrected chi connectivity index (χ0v) is 8.12. The highest BCUT2D eigenvalue weighted by molar-refractivity contribution is 5.30. The Kier molecular flexibility index (Phi) is 2.71. The van der Waals surface area contributed by atoms with Crippen molar-refractivity contribution < 1.29 is 9.50 Å². The molecule has 1 fully saturated rings. The number of rotatable bonds is 1. The lowest BCUT2D eigenvalue weighted by molar-refractivity contribution is 0.216. The van der Waals surface area contributed by atoms with Gasteiger partial charge in [0.05, 0.1) is 0 Å². The van der Waals surface area contributed by atoms with Crippen molar-refractivity contribution >= 4 is 0 Å². The first-order valence-corrected chi connectivity index (χ1v) is 5.20. The average Bonchev–Trinajstić information content (AvgIpc) is 2.18. The van der Waals surface area contributed by atoms with Crippen LogP contribution in [0, 0.1) is 0 Å². The number of phenols is 1. The van der Waals surface area contributed by atoms with E-state index in [4.69, 9.17) is 0 Å². The molecule has 1 aromatic rings. The number of alkyl halides is 1. The minimum absolute atomic E-state index is 0.00384. The maximum absolute atomic E-state index is 13.6. The van der Waals surface area contributed by atoms with Gasteiger partial charge in [0.25, 0.3) is 0 Å². The molecule has 2 heteroatoms. The lowest BCUT2D eigenvalue weighted by Crippen LogP contribution is -2.18. The molecule has 14 heavy (non-hydrogen) atoms. The van der Waals surface area contributed by atoms with Gasteiger partial charge < -0.3 is 5.11 Å². The van der Waals surface area contributed by atoms with Crippen molar-refractivity contribution in [3.05, 3.63) is 29.8 Å². The van der Waals surface area contributed by atoms with E-state index in [1.54, 1.807) is 18.2 Å². The van der Waals surface area contributed by atoms with E-state index in [-0.39, 0.29) is 11.7 Å². The monoisotopic (exact) mass is 194 g/mol. The first-order chi connectivity index (χ1) is 6.77. The quantitative estimate of drug-likeness (QED) is 0.726. The van der Waals surface area contributed by atoms with E-state index in [0.29, 0.717) is 6.42 Å². The summed E-state index contributed by atoms with van der Waals surface area (Å²) in [6.07, 6.45) is 2.94. The molecule has 1 nitrogen and oxygen atoms in total. The van der Waals surface area contributed by atoms with Crippen LogP contribution in [0.1, 0.15) is 37.2 Å². The van der Waals surface area contributed by atoms with E-state index in [9.17, 15) is 9.50 Å². The van der Waals surface area contributed by atoms with Gasteiger partial charge >= 0.3 is 0 Å². The van der Waals surface area contributed by atoms with E-state index >= 15 is 0 Å². The topological polar surface area (TPSA) is 20.2 Å². The maximum Gasteiger partial charge on any atom is 0.115 e. The Morgan fingerprint density at radius 3 is 2.71 bits per heavy atom. The molecule has 2 atom stereocenters. The van der Waals surface area contributed by atoms with Crippen molar-refractivity contribution in [2.75, 3.05) is 0 Å². The van der Waals surface area contributed by atoms with Gasteiger partial charge in [0, 0.05) is 5.92 Å². The molecule has 76 valence electrons. The molecular weight excluding hydrogens is 179 g/mol. The van der Waals surface area contributed by atoms with Crippen LogP contribution in [0.3, 0.4) is 0 Å². The van der Waals surface area contributed by atoms with E-state index in [1.807, 2.05) is 6.07 Å². The molecule has 0 bridgehead atoms. The van der Waals surface area contributed by atoms with E-state index < -0.39 is 6.17 Å². The highest BCUT2D eigenvalue weighted by Crippen LogP contribution is 2.35. The highest BCUT2D eigenvalue weighted by Gasteiger charge is 2.26. The molecular formula is C12H15FO. The molecule has 0 aromatic heterocycles. The number of hydrogen-bond donors (Lipinski definition) is 1. The maximum atomic E-state index is 13.6. The van der Waals surface area contributed by atoms with Gasteiger partial charge in [-0.05, 0) is 30.5 Å². The zero-order chi connectivity index (χ0) is 9.97. The van der Waals surface area contributed by atoms with Crippen molar-refractivity contribution in [2.24, 2.45) is 0 Å². The van der Waals surface area contributed by atoms with Crippen LogP contribution in [-0.4, -0.2) is 11.3 Å². The molecule has 1 aromatic carbocycles. The van der Waals surface area contributed by atoms with Crippen LogP contribution in [0.2, 0.25) is 0 Å². The number of halogens is 1. The average molecular weight is 194 g/mol. The van der Waals surface area contributed by atoms with Gasteiger partial charge in [0.1, 0.15) is 11.9 Å². The first kappa shape index (κ1) is 9.50. The molecule has 0 spiro atoms. The molecule has 2 rings (SSSR count). The molecule has 1 saturated carbocycles. The summed E-state index contributed by atoms with van der Waals surface area (Å²) in [4.78, 5) is 0. The smallest absolute Gasteiger partial charge is 0.115 e. The summed E-state index contributed by atoms with van der Waals surface area (Å²) < 4.78 is 13.6. The van der Waals surface area contributed by atoms with E-state index in [2.05, 4.69) is 0 Å². The Morgan fingerprint density at radius 2 is 2.00 bits per heavy atom. The Balaban J connectivity index is 2.20. The second kappa shape index (κ2) is 3.99. The third-order valence-electron chi connectivity index (χ3n) is 2.98. The van der Waals surface area contributed by atoms with Crippen LogP contribution in [0.25, 0.3) is 0 Å². The van der Waals surface area contributed by atoms with Crippen LogP contribution >= 0.6 is 0 Å². The van der Waals surface area contributed by atoms with Gasteiger partial charge in [-0.1, -0.05) is 25.0 Å². The molecule has 1 aliphatic rings. The number of hydrogen-bond acceptors (Lipinski definition) is 1. The van der Waals surface area contributed by atoms with Gasteiger partial charge in [-0.2, -0.15) is 0 Å². The summed E-state index contributed by atoms with van der Waals surface area (Å²) in [6, 6.07) is 7.00. The Bertz CT molecular complexity index is 311. The summed E-state index contributed by atoms with van der Waals surface area (Å²) in [5.41, 5.74) is 0.942. The van der Waals surface area contributed by atoms with Crippen molar-refractivity contribution in [2.45, 2.75) is 37.8 Å². The standard InChI is InChI=1S/C12H15FO/c13-12-7-2-1-6-11(12)9-4-3-5-10(14)8-9/h3-5,8,11-12,14H,1-2,6-7H2. The van der Waals surface area contributed by atoms with Crippen LogP contribution < -0.4 is 0 Å². The van der Waals surface area contributed by atoms with Gasteiger partial charge in [-0.15, -0.1) is 0 Å². The second-order valence-electron chi connectivity index (χ2n) is 4.00. The lowest BCUT2D eigenvalue weighted by atomic mass is 9.82. The fraction of sp³-hybridized carbons (Fsp3) is 0.500. The van der Waals surface area contributed by atoms with E-state index in [0.717, 1.165) is 24.8 Å². The second-order valence-corrected chi connectivity index (χ2v) is 4.00. The lowest BCUT2D eigenvalue weighted by Gasteiger charge is -2.26. The van der Waals surface area contributed by atoms with Crippen molar-refractivity contribution in [3.8, 4) is 5.75 Å². The fourth-order valence-electron chi connectivity index (χ4n) is 2.22. The predicted molar refractivity (Wildman–Crippen MR) is 54.2 cm³/mol. The molecule has 0 amide bonds. The third kappa shape index (κ3) is 1.89. The van der Waals surface area contributed by atoms with Crippen LogP contribution in [0.15, 0.2) is 24.3 Å². The van der Waals surface area contributed by atoms with Crippen molar-refractivity contribution in [1.82, 2.24) is 0 Å². The molecule has 0 aliphatic heterocycles. The predicted octanol–water partition coefficient (Wildman–Crippen LogP) is 3.39. The number of aromatic hydroxyl groups is 1. The van der Waals surface area contributed by atoms with Crippen molar-refractivity contribution in [3.63, 3.8) is 0 Å². The largest absolute Gasteiger partial charge is 0.508 e. The van der Waals surface area contributed by atoms with Crippen LogP contribution in [-0.2, 0) is 0 Å². The SMILES string of the molecule is Oc1cccc(C2CCCCC2F)c1. The van der Waals surface area contributed by atoms with E-state index in [1.165, 1.54) is 0 Å². The molecule has 1 N–H and O–H groups in total. The Morgan fingerprint density at radius 1 is 1.21 bits per heavy atom. The fourth-order valence-corrected chi connectivity index (χ4v) is 2.22. The third-order valence-corrected chi connectivity index (χ3v) is 2.98. The minimum atomic E-state index is -0.731. The molecule has 0 radical (unpaired) electrons. The first-order valence-electron chi connectivity index (χ1n) is 5.20. The summed E-state index contributed by atoms with van der Waals surface area (Å²) in [5, 5.41) is 9.31. The van der Waals surface area contributed by atoms with Crippen LogP contribution in [0.4, 0.5) is 4.39 Å². The number of benzene rings is 1. The van der Waals surface area contributed by atoms with Gasteiger partial charge in [0.15, 0.2) is 0 Å².